The molecule has 0 saturated heterocycles. The van der Waals surface area contributed by atoms with Gasteiger partial charge in [-0.15, -0.1) is 0 Å². The van der Waals surface area contributed by atoms with Crippen LogP contribution >= 0.6 is 0 Å². The van der Waals surface area contributed by atoms with E-state index in [1.807, 2.05) is 19.9 Å². The minimum absolute atomic E-state index is 0.317. The quantitative estimate of drug-likeness (QED) is 0.664. The van der Waals surface area contributed by atoms with E-state index in [0.717, 1.165) is 47.6 Å². The number of aromatic nitrogens is 2. The third kappa shape index (κ3) is 4.64. The van der Waals surface area contributed by atoms with Crippen molar-refractivity contribution < 1.29 is 9.53 Å². The lowest BCUT2D eigenvalue weighted by molar-refractivity contribution is 0.0600. The number of carbonyl (C=O) groups is 1. The molecule has 1 heterocycles. The Morgan fingerprint density at radius 1 is 1.07 bits per heavy atom. The van der Waals surface area contributed by atoms with Crippen molar-refractivity contribution in [2.24, 2.45) is 0 Å². The Kier molecular flexibility index (Phi) is 7.08. The number of nitrogens with zero attached hydrogens (tertiary/aromatic N) is 4. The van der Waals surface area contributed by atoms with Crippen LogP contribution in [0.3, 0.4) is 0 Å². The van der Waals surface area contributed by atoms with Gasteiger partial charge in [-0.1, -0.05) is 0 Å². The number of rotatable bonds is 6. The highest BCUT2D eigenvalue weighted by atomic mass is 16.5. The average Bonchev–Trinajstić information content (AvgIpc) is 2.75. The molecule has 2 aromatic rings. The second-order valence-electron chi connectivity index (χ2n) is 8.41. The smallest absolute Gasteiger partial charge is 0.338 e. The number of aryl methyl sites for hydroxylation is 1. The second kappa shape index (κ2) is 9.56. The van der Waals surface area contributed by atoms with Crippen LogP contribution in [-0.2, 0) is 4.74 Å². The maximum atomic E-state index is 12.5. The SMILES string of the molecule is CCN(c1cc(-c2cnc(C)cn2)cc(C(=O)OC)c1C)C1CCC(N(C)C)CC1. The second-order valence-corrected chi connectivity index (χ2v) is 8.41. The van der Waals surface area contributed by atoms with E-state index in [-0.39, 0.29) is 5.97 Å². The van der Waals surface area contributed by atoms with E-state index in [2.05, 4.69) is 46.9 Å². The zero-order valence-electron chi connectivity index (χ0n) is 19.1. The van der Waals surface area contributed by atoms with E-state index >= 15 is 0 Å². The summed E-state index contributed by atoms with van der Waals surface area (Å²) in [5.74, 6) is -0.317. The topological polar surface area (TPSA) is 58.6 Å². The van der Waals surface area contributed by atoms with E-state index < -0.39 is 0 Å². The highest BCUT2D eigenvalue weighted by molar-refractivity contribution is 5.95. The Hall–Kier alpha value is -2.47. The molecule has 3 rings (SSSR count). The number of hydrogen-bond acceptors (Lipinski definition) is 6. The minimum Gasteiger partial charge on any atom is -0.465 e. The summed E-state index contributed by atoms with van der Waals surface area (Å²) in [6, 6.07) is 5.15. The number of hydrogen-bond donors (Lipinski definition) is 0. The first-order chi connectivity index (χ1) is 14.3. The summed E-state index contributed by atoms with van der Waals surface area (Å²) in [4.78, 5) is 26.3. The number of methoxy groups -OCH3 is 1. The third-order valence-electron chi connectivity index (χ3n) is 6.35. The summed E-state index contributed by atoms with van der Waals surface area (Å²) in [6.07, 6.45) is 8.22. The van der Waals surface area contributed by atoms with Crippen LogP contribution in [0.4, 0.5) is 5.69 Å². The first-order valence-electron chi connectivity index (χ1n) is 10.8. The van der Waals surface area contributed by atoms with Gasteiger partial charge in [0.15, 0.2) is 0 Å². The van der Waals surface area contributed by atoms with Crippen LogP contribution in [0.1, 0.15) is 54.2 Å². The van der Waals surface area contributed by atoms with Gasteiger partial charge in [0.05, 0.1) is 30.3 Å². The molecule has 0 amide bonds. The highest BCUT2D eigenvalue weighted by Crippen LogP contribution is 2.35. The molecule has 0 aliphatic heterocycles. The number of carbonyl (C=O) groups excluding carboxylic acids is 1. The van der Waals surface area contributed by atoms with Crippen molar-refractivity contribution in [1.82, 2.24) is 14.9 Å². The number of esters is 1. The third-order valence-corrected chi connectivity index (χ3v) is 6.35. The van der Waals surface area contributed by atoms with Crippen LogP contribution in [-0.4, -0.2) is 60.7 Å². The molecule has 30 heavy (non-hydrogen) atoms. The normalized spacial score (nSPS) is 19.0. The Morgan fingerprint density at radius 2 is 1.73 bits per heavy atom. The summed E-state index contributed by atoms with van der Waals surface area (Å²) in [5, 5.41) is 0. The lowest BCUT2D eigenvalue weighted by atomic mass is 9.88. The molecule has 0 N–H and O–H groups in total. The van der Waals surface area contributed by atoms with Crippen molar-refractivity contribution in [3.05, 3.63) is 41.3 Å². The molecule has 0 spiro atoms. The highest BCUT2D eigenvalue weighted by Gasteiger charge is 2.28. The van der Waals surface area contributed by atoms with Gasteiger partial charge in [0.25, 0.3) is 0 Å². The van der Waals surface area contributed by atoms with E-state index in [9.17, 15) is 4.79 Å². The van der Waals surface area contributed by atoms with Crippen molar-refractivity contribution in [3.63, 3.8) is 0 Å². The van der Waals surface area contributed by atoms with Gasteiger partial charge in [-0.3, -0.25) is 9.97 Å². The van der Waals surface area contributed by atoms with Gasteiger partial charge >= 0.3 is 5.97 Å². The fourth-order valence-electron chi connectivity index (χ4n) is 4.52. The molecular formula is C24H34N4O2. The Labute approximate surface area is 180 Å². The monoisotopic (exact) mass is 410 g/mol. The van der Waals surface area contributed by atoms with Crippen LogP contribution in [0.15, 0.2) is 24.5 Å². The fourth-order valence-corrected chi connectivity index (χ4v) is 4.52. The molecule has 0 radical (unpaired) electrons. The number of benzene rings is 1. The largest absolute Gasteiger partial charge is 0.465 e. The zero-order valence-corrected chi connectivity index (χ0v) is 19.1. The molecule has 0 bridgehead atoms. The first-order valence-corrected chi connectivity index (χ1v) is 10.8. The summed E-state index contributed by atoms with van der Waals surface area (Å²) in [5.41, 5.74) is 5.16. The molecule has 0 unspecified atom stereocenters. The molecule has 1 saturated carbocycles. The van der Waals surface area contributed by atoms with Crippen LogP contribution in [0, 0.1) is 13.8 Å². The Bertz CT molecular complexity index is 872. The predicted octanol–water partition coefficient (Wildman–Crippen LogP) is 4.25. The van der Waals surface area contributed by atoms with Crippen molar-refractivity contribution in [3.8, 4) is 11.3 Å². The fraction of sp³-hybridized carbons (Fsp3) is 0.542. The van der Waals surface area contributed by atoms with Crippen molar-refractivity contribution in [2.75, 3.05) is 32.6 Å². The maximum Gasteiger partial charge on any atom is 0.338 e. The van der Waals surface area contributed by atoms with Gasteiger partial charge in [-0.05, 0) is 78.2 Å². The van der Waals surface area contributed by atoms with Gasteiger partial charge in [0.1, 0.15) is 0 Å². The van der Waals surface area contributed by atoms with E-state index in [1.165, 1.54) is 20.0 Å². The average molecular weight is 411 g/mol. The van der Waals surface area contributed by atoms with Gasteiger partial charge < -0.3 is 14.5 Å². The minimum atomic E-state index is -0.317. The van der Waals surface area contributed by atoms with Crippen LogP contribution < -0.4 is 4.90 Å². The maximum absolute atomic E-state index is 12.5. The molecule has 1 aromatic carbocycles. The summed E-state index contributed by atoms with van der Waals surface area (Å²) in [6.45, 7) is 7.01. The molecular weight excluding hydrogens is 376 g/mol. The molecule has 1 fully saturated rings. The summed E-state index contributed by atoms with van der Waals surface area (Å²) in [7, 11) is 5.77. The summed E-state index contributed by atoms with van der Waals surface area (Å²) < 4.78 is 5.08. The van der Waals surface area contributed by atoms with Gasteiger partial charge in [-0.2, -0.15) is 0 Å². The van der Waals surface area contributed by atoms with Gasteiger partial charge in [0.2, 0.25) is 0 Å². The van der Waals surface area contributed by atoms with Crippen LogP contribution in [0.5, 0.6) is 0 Å². The number of ether oxygens (including phenoxy) is 1. The molecule has 6 nitrogen and oxygen atoms in total. The van der Waals surface area contributed by atoms with Crippen molar-refractivity contribution in [1.29, 1.82) is 0 Å². The molecule has 1 aliphatic rings. The molecule has 6 heteroatoms. The first kappa shape index (κ1) is 22.2. The van der Waals surface area contributed by atoms with Gasteiger partial charge in [0, 0.05) is 36.1 Å². The van der Waals surface area contributed by atoms with Crippen molar-refractivity contribution in [2.45, 2.75) is 58.5 Å². The van der Waals surface area contributed by atoms with Crippen LogP contribution in [0.25, 0.3) is 11.3 Å². The zero-order chi connectivity index (χ0) is 21.8. The van der Waals surface area contributed by atoms with Crippen LogP contribution in [0.2, 0.25) is 0 Å². The standard InChI is InChI=1S/C24H34N4O2/c1-7-28(20-10-8-19(9-11-20)27(4)5)23-13-18(22-15-25-16(2)14-26-22)12-21(17(23)3)24(29)30-6/h12-15,19-20H,7-11H2,1-6H3. The van der Waals surface area contributed by atoms with Gasteiger partial charge in [-0.25, -0.2) is 4.79 Å². The van der Waals surface area contributed by atoms with Crippen molar-refractivity contribution >= 4 is 11.7 Å². The van der Waals surface area contributed by atoms with E-state index in [0.29, 0.717) is 17.6 Å². The molecule has 162 valence electrons. The summed E-state index contributed by atoms with van der Waals surface area (Å²) >= 11 is 0. The lowest BCUT2D eigenvalue weighted by Crippen LogP contribution is -2.42. The molecule has 1 aliphatic carbocycles. The Morgan fingerprint density at radius 3 is 2.27 bits per heavy atom. The van der Waals surface area contributed by atoms with E-state index in [1.54, 1.807) is 12.4 Å². The molecule has 0 atom stereocenters. The van der Waals surface area contributed by atoms with E-state index in [4.69, 9.17) is 4.74 Å². The predicted molar refractivity (Wildman–Crippen MR) is 121 cm³/mol. The number of anilines is 1. The lowest BCUT2D eigenvalue weighted by Gasteiger charge is -2.40. The molecule has 1 aromatic heterocycles. The Balaban J connectivity index is 2.02.